The molecule has 27 heavy (non-hydrogen) atoms. The number of likely N-dealkylation sites (N-methyl/N-ethyl adjacent to an activating group) is 1. The molecule has 4 rings (SSSR count). The number of benzene rings is 1. The van der Waals surface area contributed by atoms with E-state index >= 15 is 0 Å². The number of fused-ring (bicyclic) bond motifs is 2. The van der Waals surface area contributed by atoms with Gasteiger partial charge in [0.25, 0.3) is 0 Å². The molecule has 1 aliphatic heterocycles. The molecular formula is C21H29N3O3. The summed E-state index contributed by atoms with van der Waals surface area (Å²) in [5, 5.41) is 12.8. The van der Waals surface area contributed by atoms with E-state index < -0.39 is 11.4 Å². The van der Waals surface area contributed by atoms with E-state index in [1.165, 1.54) is 11.1 Å². The molecule has 2 fully saturated rings. The highest BCUT2D eigenvalue weighted by atomic mass is 16.4. The van der Waals surface area contributed by atoms with Crippen LogP contribution in [0.15, 0.2) is 24.3 Å². The van der Waals surface area contributed by atoms with Crippen molar-refractivity contribution in [3.63, 3.8) is 0 Å². The van der Waals surface area contributed by atoms with Crippen LogP contribution >= 0.6 is 0 Å². The standard InChI is InChI=1S/C21H29N3O3/c1-23(2)20(10-15-6-3-4-7-16(15)11-20)13-22-19(27)24-12-17-8-5-9-21(17,14-24)18(25)26/h3-4,6-7,17H,5,8-14H2,1-2H3,(H,22,27)(H,25,26)/t17-,21+/m0/s1. The lowest BCUT2D eigenvalue weighted by Gasteiger charge is -2.37. The van der Waals surface area contributed by atoms with Crippen molar-refractivity contribution in [3.8, 4) is 0 Å². The van der Waals surface area contributed by atoms with E-state index in [1.807, 2.05) is 0 Å². The molecule has 1 heterocycles. The van der Waals surface area contributed by atoms with Crippen LogP contribution in [-0.4, -0.2) is 66.2 Å². The predicted molar refractivity (Wildman–Crippen MR) is 103 cm³/mol. The van der Waals surface area contributed by atoms with Gasteiger partial charge >= 0.3 is 12.0 Å². The summed E-state index contributed by atoms with van der Waals surface area (Å²) < 4.78 is 0. The Morgan fingerprint density at radius 2 is 1.93 bits per heavy atom. The summed E-state index contributed by atoms with van der Waals surface area (Å²) in [5.74, 6) is -0.643. The van der Waals surface area contributed by atoms with E-state index in [0.717, 1.165) is 25.7 Å². The summed E-state index contributed by atoms with van der Waals surface area (Å²) in [6.07, 6.45) is 4.38. The largest absolute Gasteiger partial charge is 0.481 e. The monoisotopic (exact) mass is 371 g/mol. The molecule has 1 saturated heterocycles. The molecule has 3 aliphatic rings. The van der Waals surface area contributed by atoms with Crippen molar-refractivity contribution >= 4 is 12.0 Å². The average Bonchev–Trinajstić information content (AvgIpc) is 3.30. The minimum atomic E-state index is -0.740. The Kier molecular flexibility index (Phi) is 4.41. The summed E-state index contributed by atoms with van der Waals surface area (Å²) in [4.78, 5) is 28.6. The number of carboxylic acids is 1. The molecular weight excluding hydrogens is 342 g/mol. The summed E-state index contributed by atoms with van der Waals surface area (Å²) in [6.45, 7) is 1.47. The highest BCUT2D eigenvalue weighted by Crippen LogP contribution is 2.48. The molecule has 0 unspecified atom stereocenters. The quantitative estimate of drug-likeness (QED) is 0.849. The molecule has 0 bridgehead atoms. The zero-order valence-electron chi connectivity index (χ0n) is 16.2. The number of hydrogen-bond donors (Lipinski definition) is 2. The Bertz CT molecular complexity index is 738. The van der Waals surface area contributed by atoms with Crippen LogP contribution in [0.2, 0.25) is 0 Å². The molecule has 1 aromatic rings. The van der Waals surface area contributed by atoms with Crippen LogP contribution < -0.4 is 5.32 Å². The maximum atomic E-state index is 12.8. The molecule has 0 radical (unpaired) electrons. The van der Waals surface area contributed by atoms with Gasteiger partial charge in [-0.05, 0) is 56.8 Å². The van der Waals surface area contributed by atoms with Gasteiger partial charge in [0.2, 0.25) is 0 Å². The Balaban J connectivity index is 1.43. The molecule has 2 aliphatic carbocycles. The maximum Gasteiger partial charge on any atom is 0.317 e. The third-order valence-corrected chi connectivity index (χ3v) is 7.26. The highest BCUT2D eigenvalue weighted by Gasteiger charge is 2.56. The second-order valence-electron chi connectivity index (χ2n) is 8.83. The number of rotatable bonds is 4. The number of hydrogen-bond acceptors (Lipinski definition) is 3. The first-order valence-electron chi connectivity index (χ1n) is 9.87. The van der Waals surface area contributed by atoms with Crippen LogP contribution in [0.1, 0.15) is 30.4 Å². The van der Waals surface area contributed by atoms with Gasteiger partial charge in [-0.15, -0.1) is 0 Å². The topological polar surface area (TPSA) is 72.9 Å². The van der Waals surface area contributed by atoms with E-state index in [-0.39, 0.29) is 17.5 Å². The van der Waals surface area contributed by atoms with Gasteiger partial charge in [-0.3, -0.25) is 4.79 Å². The van der Waals surface area contributed by atoms with Crippen molar-refractivity contribution in [3.05, 3.63) is 35.4 Å². The molecule has 2 atom stereocenters. The third kappa shape index (κ3) is 2.90. The number of likely N-dealkylation sites (tertiary alicyclic amines) is 1. The number of nitrogens with one attached hydrogen (secondary N) is 1. The van der Waals surface area contributed by atoms with E-state index in [9.17, 15) is 14.7 Å². The SMILES string of the molecule is CN(C)C1(CNC(=O)N2C[C@@H]3CCC[C@@]3(C(=O)O)C2)Cc2ccccc2C1. The second-order valence-corrected chi connectivity index (χ2v) is 8.83. The van der Waals surface area contributed by atoms with Gasteiger partial charge in [0.15, 0.2) is 0 Å². The van der Waals surface area contributed by atoms with Crippen LogP contribution in [0.4, 0.5) is 4.79 Å². The Hall–Kier alpha value is -2.08. The van der Waals surface area contributed by atoms with Crippen molar-refractivity contribution < 1.29 is 14.7 Å². The fourth-order valence-corrected chi connectivity index (χ4v) is 5.42. The zero-order valence-corrected chi connectivity index (χ0v) is 16.2. The number of carboxylic acid groups (broad SMARTS) is 1. The van der Waals surface area contributed by atoms with Crippen molar-refractivity contribution in [1.29, 1.82) is 0 Å². The number of amides is 2. The van der Waals surface area contributed by atoms with Crippen molar-refractivity contribution in [2.75, 3.05) is 33.7 Å². The first kappa shape index (κ1) is 18.3. The van der Waals surface area contributed by atoms with Crippen molar-refractivity contribution in [2.24, 2.45) is 11.3 Å². The number of aliphatic carboxylic acids is 1. The van der Waals surface area contributed by atoms with Gasteiger partial charge in [0.05, 0.1) is 5.41 Å². The molecule has 2 N–H and O–H groups in total. The Morgan fingerprint density at radius 3 is 2.48 bits per heavy atom. The molecule has 2 amide bonds. The van der Waals surface area contributed by atoms with Crippen LogP contribution in [0.25, 0.3) is 0 Å². The van der Waals surface area contributed by atoms with Gasteiger partial charge in [0.1, 0.15) is 0 Å². The van der Waals surface area contributed by atoms with Crippen LogP contribution in [0, 0.1) is 11.3 Å². The minimum absolute atomic E-state index is 0.0966. The molecule has 1 saturated carbocycles. The van der Waals surface area contributed by atoms with Crippen molar-refractivity contribution in [1.82, 2.24) is 15.1 Å². The number of urea groups is 1. The lowest BCUT2D eigenvalue weighted by molar-refractivity contribution is -0.149. The predicted octanol–water partition coefficient (Wildman–Crippen LogP) is 1.98. The highest BCUT2D eigenvalue weighted by molar-refractivity contribution is 5.80. The van der Waals surface area contributed by atoms with E-state index in [4.69, 9.17) is 0 Å². The Labute approximate surface area is 160 Å². The second kappa shape index (κ2) is 6.51. The summed E-state index contributed by atoms with van der Waals surface area (Å²) in [6, 6.07) is 8.35. The molecule has 0 spiro atoms. The first-order chi connectivity index (χ1) is 12.9. The van der Waals surface area contributed by atoms with E-state index in [0.29, 0.717) is 26.1 Å². The van der Waals surface area contributed by atoms with Crippen LogP contribution in [-0.2, 0) is 17.6 Å². The number of nitrogens with zero attached hydrogens (tertiary/aromatic N) is 2. The van der Waals surface area contributed by atoms with E-state index in [2.05, 4.69) is 48.6 Å². The molecule has 6 nitrogen and oxygen atoms in total. The Morgan fingerprint density at radius 1 is 1.26 bits per heavy atom. The molecule has 6 heteroatoms. The number of carbonyl (C=O) groups is 2. The van der Waals surface area contributed by atoms with E-state index in [1.54, 1.807) is 4.90 Å². The maximum absolute atomic E-state index is 12.8. The van der Waals surface area contributed by atoms with Crippen LogP contribution in [0.3, 0.4) is 0 Å². The minimum Gasteiger partial charge on any atom is -0.481 e. The van der Waals surface area contributed by atoms with Gasteiger partial charge in [-0.25, -0.2) is 4.79 Å². The zero-order chi connectivity index (χ0) is 19.2. The van der Waals surface area contributed by atoms with Gasteiger partial charge < -0.3 is 20.2 Å². The summed E-state index contributed by atoms with van der Waals surface area (Å²) >= 11 is 0. The summed E-state index contributed by atoms with van der Waals surface area (Å²) in [7, 11) is 4.13. The van der Waals surface area contributed by atoms with Crippen molar-refractivity contribution in [2.45, 2.75) is 37.6 Å². The average molecular weight is 371 g/mol. The lowest BCUT2D eigenvalue weighted by atomic mass is 9.81. The van der Waals surface area contributed by atoms with Gasteiger partial charge in [-0.2, -0.15) is 0 Å². The van der Waals surface area contributed by atoms with Gasteiger partial charge in [0, 0.05) is 25.2 Å². The molecule has 0 aromatic heterocycles. The lowest BCUT2D eigenvalue weighted by Crippen LogP contribution is -2.55. The number of carbonyl (C=O) groups excluding carboxylic acids is 1. The molecule has 146 valence electrons. The van der Waals surface area contributed by atoms with Gasteiger partial charge in [-0.1, -0.05) is 30.7 Å². The molecule has 1 aromatic carbocycles. The third-order valence-electron chi connectivity index (χ3n) is 7.26. The normalized spacial score (nSPS) is 28.3. The fraction of sp³-hybridized carbons (Fsp3) is 0.619. The summed E-state index contributed by atoms with van der Waals surface area (Å²) in [5.41, 5.74) is 1.85. The van der Waals surface area contributed by atoms with Crippen LogP contribution in [0.5, 0.6) is 0 Å². The smallest absolute Gasteiger partial charge is 0.317 e. The first-order valence-corrected chi connectivity index (χ1v) is 9.87. The fourth-order valence-electron chi connectivity index (χ4n) is 5.42.